The van der Waals surface area contributed by atoms with Gasteiger partial charge in [-0.1, -0.05) is 26.7 Å². The van der Waals surface area contributed by atoms with Crippen molar-refractivity contribution in [2.45, 2.75) is 26.7 Å². The van der Waals surface area contributed by atoms with Gasteiger partial charge in [0.1, 0.15) is 0 Å². The Morgan fingerprint density at radius 3 is 1.14 bits per heavy atom. The highest BCUT2D eigenvalue weighted by Gasteiger charge is 1.95. The first-order valence-electron chi connectivity index (χ1n) is 1.91. The van der Waals surface area contributed by atoms with Gasteiger partial charge in [0.25, 0.3) is 0 Å². The van der Waals surface area contributed by atoms with E-state index < -0.39 is 0 Å². The molecule has 7 heavy (non-hydrogen) atoms. The highest BCUT2D eigenvalue weighted by molar-refractivity contribution is 6.10. The average molecular weight is 100.0 g/mol. The minimum atomic E-state index is 0. The molecule has 0 aromatic heterocycles. The van der Waals surface area contributed by atoms with E-state index in [1.807, 2.05) is 0 Å². The predicted octanol–water partition coefficient (Wildman–Crippen LogP) is 1.91. The zero-order valence-corrected chi connectivity index (χ0v) is 4.11. The lowest BCUT2D eigenvalue weighted by molar-refractivity contribution is 1.50. The first-order chi connectivity index (χ1) is 2.50. The Hall–Kier alpha value is 0.0249. The Labute approximate surface area is 48.5 Å². The summed E-state index contributed by atoms with van der Waals surface area (Å²) in [5.41, 5.74) is 0. The summed E-state index contributed by atoms with van der Waals surface area (Å²) < 4.78 is 0. The Morgan fingerprint density at radius 2 is 1.14 bits per heavy atom. The van der Waals surface area contributed by atoms with Gasteiger partial charge in [-0.3, -0.25) is 0 Å². The molecule has 44 valence electrons. The molecule has 0 unspecified atom stereocenters. The monoisotopic (exact) mass is 100 g/mol. The Morgan fingerprint density at radius 1 is 1.00 bits per heavy atom. The molecule has 1 aliphatic rings. The SMILES string of the molecule is C.C1CC1.N.[B][CH2-]. The molecule has 0 amide bonds. The van der Waals surface area contributed by atoms with Crippen LogP contribution < -0.4 is 6.15 Å². The highest BCUT2D eigenvalue weighted by Crippen LogP contribution is 2.14. The quantitative estimate of drug-likeness (QED) is 0.366. The van der Waals surface area contributed by atoms with E-state index in [1.165, 1.54) is 19.3 Å². The minimum Gasteiger partial charge on any atom is -0.382 e. The predicted molar refractivity (Wildman–Crippen MR) is 36.7 cm³/mol. The molecular weight excluding hydrogens is 84.9 g/mol. The van der Waals surface area contributed by atoms with Crippen LogP contribution in [0.25, 0.3) is 0 Å². The third-order valence-corrected chi connectivity index (χ3v) is 0.354. The fourth-order valence-corrected chi connectivity index (χ4v) is 0. The Kier molecular flexibility index (Phi) is 37.4. The lowest BCUT2D eigenvalue weighted by Gasteiger charge is -1.29. The smallest absolute Gasteiger partial charge is 0.0533 e. The van der Waals surface area contributed by atoms with Gasteiger partial charge in [-0.25, -0.2) is 0 Å². The molecule has 0 heterocycles. The molecule has 0 bridgehead atoms. The molecule has 0 aromatic carbocycles. The van der Waals surface area contributed by atoms with Crippen LogP contribution in [0.2, 0.25) is 0 Å². The van der Waals surface area contributed by atoms with E-state index in [-0.39, 0.29) is 13.6 Å². The maximum Gasteiger partial charge on any atom is -0.0533 e. The zero-order valence-electron chi connectivity index (χ0n) is 4.11. The molecule has 1 nitrogen and oxygen atoms in total. The molecular formula is C5H15BN-. The topological polar surface area (TPSA) is 35.0 Å². The van der Waals surface area contributed by atoms with Crippen LogP contribution in [-0.2, 0) is 0 Å². The lowest BCUT2D eigenvalue weighted by Crippen LogP contribution is -1.18. The van der Waals surface area contributed by atoms with Crippen LogP contribution in [0.5, 0.6) is 0 Å². The summed E-state index contributed by atoms with van der Waals surface area (Å²) in [6.45, 7) is 2.75. The van der Waals surface area contributed by atoms with Crippen molar-refractivity contribution < 1.29 is 0 Å². The number of rotatable bonds is 0. The van der Waals surface area contributed by atoms with Crippen LogP contribution >= 0.6 is 0 Å². The zero-order chi connectivity index (χ0) is 4.12. The molecule has 3 N–H and O–H groups in total. The summed E-state index contributed by atoms with van der Waals surface area (Å²) in [5.74, 6) is 0. The summed E-state index contributed by atoms with van der Waals surface area (Å²) in [5, 5.41) is 0. The van der Waals surface area contributed by atoms with E-state index in [9.17, 15) is 0 Å². The lowest BCUT2D eigenvalue weighted by atomic mass is 10.2. The van der Waals surface area contributed by atoms with Crippen molar-refractivity contribution in [1.29, 1.82) is 0 Å². The number of hydrogen-bond donors (Lipinski definition) is 1. The van der Waals surface area contributed by atoms with Crippen LogP contribution in [0.4, 0.5) is 0 Å². The van der Waals surface area contributed by atoms with Crippen LogP contribution in [-0.4, -0.2) is 7.85 Å². The largest absolute Gasteiger partial charge is 0.382 e. The Balaban J connectivity index is -0.0000000380. The van der Waals surface area contributed by atoms with Crippen molar-refractivity contribution in [3.63, 3.8) is 0 Å². The molecule has 1 saturated carbocycles. The fourth-order valence-electron chi connectivity index (χ4n) is 0. The molecule has 2 radical (unpaired) electrons. The first-order valence-corrected chi connectivity index (χ1v) is 1.91. The molecule has 1 aliphatic carbocycles. The summed E-state index contributed by atoms with van der Waals surface area (Å²) in [6, 6.07) is 0. The summed E-state index contributed by atoms with van der Waals surface area (Å²) in [7, 11) is 4.25. The van der Waals surface area contributed by atoms with Crippen LogP contribution in [0.1, 0.15) is 26.7 Å². The second-order valence-electron chi connectivity index (χ2n) is 1.06. The molecule has 0 spiro atoms. The normalized spacial score (nSPS) is 11.0. The summed E-state index contributed by atoms with van der Waals surface area (Å²) in [6.07, 6.45) is 4.50. The van der Waals surface area contributed by atoms with Gasteiger partial charge in [0.15, 0.2) is 0 Å². The number of hydrogen-bond acceptors (Lipinski definition) is 1. The van der Waals surface area contributed by atoms with Gasteiger partial charge in [-0.2, -0.15) is 7.85 Å². The van der Waals surface area contributed by atoms with Crippen LogP contribution in [0.15, 0.2) is 0 Å². The third-order valence-electron chi connectivity index (χ3n) is 0.354. The molecule has 0 atom stereocenters. The van der Waals surface area contributed by atoms with Crippen molar-refractivity contribution in [2.75, 3.05) is 0 Å². The summed E-state index contributed by atoms with van der Waals surface area (Å²) in [4.78, 5) is 0. The van der Waals surface area contributed by atoms with Crippen molar-refractivity contribution in [3.05, 3.63) is 6.82 Å². The van der Waals surface area contributed by atoms with Gasteiger partial charge >= 0.3 is 0 Å². The van der Waals surface area contributed by atoms with Gasteiger partial charge < -0.3 is 13.0 Å². The Bertz CT molecular complexity index is 12.8. The van der Waals surface area contributed by atoms with Crippen LogP contribution in [0.3, 0.4) is 0 Å². The van der Waals surface area contributed by atoms with Crippen molar-refractivity contribution >= 4 is 7.85 Å². The van der Waals surface area contributed by atoms with E-state index in [4.69, 9.17) is 0 Å². The van der Waals surface area contributed by atoms with Crippen LogP contribution in [0, 0.1) is 6.82 Å². The second kappa shape index (κ2) is 16.6. The van der Waals surface area contributed by atoms with Gasteiger partial charge in [0.2, 0.25) is 0 Å². The minimum absolute atomic E-state index is 0. The van der Waals surface area contributed by atoms with Gasteiger partial charge in [-0.05, 0) is 0 Å². The molecule has 1 fully saturated rings. The maximum absolute atomic E-state index is 4.25. The van der Waals surface area contributed by atoms with Gasteiger partial charge in [-0.15, -0.1) is 0 Å². The molecule has 2 heteroatoms. The van der Waals surface area contributed by atoms with E-state index in [1.54, 1.807) is 0 Å². The molecule has 0 saturated heterocycles. The maximum atomic E-state index is 4.25. The molecule has 1 rings (SSSR count). The average Bonchev–Trinajstić information content (AvgIpc) is 2.19. The van der Waals surface area contributed by atoms with Crippen molar-refractivity contribution in [2.24, 2.45) is 0 Å². The second-order valence-corrected chi connectivity index (χ2v) is 1.06. The first kappa shape index (κ1) is 15.7. The third kappa shape index (κ3) is 92.9. The fraction of sp³-hybridized carbons (Fsp3) is 0.800. The van der Waals surface area contributed by atoms with Crippen molar-refractivity contribution in [1.82, 2.24) is 6.15 Å². The van der Waals surface area contributed by atoms with E-state index in [0.29, 0.717) is 0 Å². The highest BCUT2D eigenvalue weighted by atomic mass is 14.0. The molecule has 0 aliphatic heterocycles. The van der Waals surface area contributed by atoms with Crippen molar-refractivity contribution in [3.8, 4) is 0 Å². The molecule has 0 aromatic rings. The van der Waals surface area contributed by atoms with E-state index in [0.717, 1.165) is 0 Å². The standard InChI is InChI=1S/C3H6.CH2B.CH4.H3N/c1-2-3-1;1-2;;/h1-3H2;1H2;1H4;1H3/q;-1;;. The van der Waals surface area contributed by atoms with E-state index >= 15 is 0 Å². The van der Waals surface area contributed by atoms with Gasteiger partial charge in [0, 0.05) is 0 Å². The summed E-state index contributed by atoms with van der Waals surface area (Å²) >= 11 is 0. The van der Waals surface area contributed by atoms with E-state index in [2.05, 4.69) is 14.7 Å². The van der Waals surface area contributed by atoms with Gasteiger partial charge in [0.05, 0.1) is 0 Å².